The number of ketones is 1. The number of hydrogen-bond donors (Lipinski definition) is 1. The quantitative estimate of drug-likeness (QED) is 0.795. The Morgan fingerprint density at radius 2 is 1.69 bits per heavy atom. The fourth-order valence-corrected chi connectivity index (χ4v) is 1.76. The van der Waals surface area contributed by atoms with Crippen LogP contribution in [0.1, 0.15) is 38.1 Å². The Morgan fingerprint density at radius 3 is 2.12 bits per heavy atom. The number of rotatable bonds is 3. The molecule has 0 aliphatic carbocycles. The Bertz CT molecular complexity index is 349. The van der Waals surface area contributed by atoms with Crippen molar-refractivity contribution in [2.75, 3.05) is 0 Å². The molecule has 0 spiro atoms. The molecule has 0 radical (unpaired) electrons. The number of hydrogen-bond acceptors (Lipinski definition) is 2. The summed E-state index contributed by atoms with van der Waals surface area (Å²) in [4.78, 5) is 12.1. The molecule has 1 rings (SSSR count). The van der Waals surface area contributed by atoms with Crippen LogP contribution in [0.4, 0.5) is 0 Å². The normalized spacial score (nSPS) is 15.6. The van der Waals surface area contributed by atoms with Gasteiger partial charge in [0.1, 0.15) is 0 Å². The van der Waals surface area contributed by atoms with E-state index in [1.807, 2.05) is 39.0 Å². The average molecular weight is 220 g/mol. The Labute approximate surface area is 97.3 Å². The minimum atomic E-state index is -0.625. The zero-order valence-corrected chi connectivity index (χ0v) is 10.4. The van der Waals surface area contributed by atoms with Gasteiger partial charge < -0.3 is 5.11 Å². The molecule has 88 valence electrons. The molecule has 0 unspecified atom stereocenters. The number of aliphatic hydroxyl groups is 1. The van der Waals surface area contributed by atoms with Crippen LogP contribution in [0.2, 0.25) is 0 Å². The summed E-state index contributed by atoms with van der Waals surface area (Å²) in [5.74, 6) is -0.370. The lowest BCUT2D eigenvalue weighted by molar-refractivity contribution is 0.0194. The zero-order valence-electron chi connectivity index (χ0n) is 10.4. The van der Waals surface area contributed by atoms with E-state index in [1.54, 1.807) is 19.1 Å². The lowest BCUT2D eigenvalue weighted by Crippen LogP contribution is -2.36. The highest BCUT2D eigenvalue weighted by Gasteiger charge is 2.32. The molecule has 0 bridgehead atoms. The van der Waals surface area contributed by atoms with Crippen LogP contribution >= 0.6 is 0 Å². The standard InChI is InChI=1S/C14H20O2/c1-10(13(16)14(2,3)4)12(15)11-8-6-5-7-9-11/h5-10,13,16H,1-4H3/t10-,13-/m1/s1. The first kappa shape index (κ1) is 12.9. The van der Waals surface area contributed by atoms with Crippen LogP contribution in [-0.2, 0) is 0 Å². The van der Waals surface area contributed by atoms with E-state index in [0.29, 0.717) is 5.56 Å². The summed E-state index contributed by atoms with van der Waals surface area (Å²) in [6, 6.07) is 9.12. The van der Waals surface area contributed by atoms with E-state index in [4.69, 9.17) is 0 Å². The second kappa shape index (κ2) is 4.79. The summed E-state index contributed by atoms with van der Waals surface area (Å²) in [6.45, 7) is 7.59. The molecule has 16 heavy (non-hydrogen) atoms. The van der Waals surface area contributed by atoms with Crippen LogP contribution in [0.5, 0.6) is 0 Å². The number of aliphatic hydroxyl groups excluding tert-OH is 1. The van der Waals surface area contributed by atoms with Gasteiger partial charge in [-0.3, -0.25) is 4.79 Å². The van der Waals surface area contributed by atoms with Gasteiger partial charge in [-0.25, -0.2) is 0 Å². The predicted octanol–water partition coefficient (Wildman–Crippen LogP) is 2.91. The van der Waals surface area contributed by atoms with Crippen LogP contribution in [0, 0.1) is 11.3 Å². The first-order valence-corrected chi connectivity index (χ1v) is 5.61. The van der Waals surface area contributed by atoms with E-state index in [9.17, 15) is 9.90 Å². The van der Waals surface area contributed by atoms with Gasteiger partial charge in [-0.15, -0.1) is 0 Å². The summed E-state index contributed by atoms with van der Waals surface area (Å²) in [6.07, 6.45) is -0.625. The Hall–Kier alpha value is -1.15. The summed E-state index contributed by atoms with van der Waals surface area (Å²) in [5.41, 5.74) is 0.391. The molecular formula is C14H20O2. The maximum atomic E-state index is 12.1. The zero-order chi connectivity index (χ0) is 12.3. The topological polar surface area (TPSA) is 37.3 Å². The van der Waals surface area contributed by atoms with Crippen LogP contribution in [-0.4, -0.2) is 17.0 Å². The summed E-state index contributed by atoms with van der Waals surface area (Å²) in [5, 5.41) is 10.1. The fraction of sp³-hybridized carbons (Fsp3) is 0.500. The minimum absolute atomic E-state index is 0.00280. The van der Waals surface area contributed by atoms with Gasteiger partial charge in [0, 0.05) is 11.5 Å². The van der Waals surface area contributed by atoms with Crippen molar-refractivity contribution >= 4 is 5.78 Å². The lowest BCUT2D eigenvalue weighted by atomic mass is 9.79. The molecule has 0 saturated heterocycles. The highest BCUT2D eigenvalue weighted by atomic mass is 16.3. The number of Topliss-reactive ketones (excluding diaryl/α,β-unsaturated/α-hetero) is 1. The smallest absolute Gasteiger partial charge is 0.168 e. The lowest BCUT2D eigenvalue weighted by Gasteiger charge is -2.30. The maximum absolute atomic E-state index is 12.1. The third kappa shape index (κ3) is 2.92. The highest BCUT2D eigenvalue weighted by Crippen LogP contribution is 2.27. The van der Waals surface area contributed by atoms with Crippen molar-refractivity contribution in [3.05, 3.63) is 35.9 Å². The molecule has 0 fully saturated rings. The van der Waals surface area contributed by atoms with E-state index < -0.39 is 6.10 Å². The molecule has 2 heteroatoms. The van der Waals surface area contributed by atoms with Gasteiger partial charge in [0.15, 0.2) is 5.78 Å². The molecule has 1 N–H and O–H groups in total. The number of benzene rings is 1. The molecule has 1 aromatic rings. The van der Waals surface area contributed by atoms with Gasteiger partial charge in [0.2, 0.25) is 0 Å². The van der Waals surface area contributed by atoms with Gasteiger partial charge in [-0.05, 0) is 5.41 Å². The van der Waals surface area contributed by atoms with Crippen molar-refractivity contribution < 1.29 is 9.90 Å². The molecule has 0 aliphatic heterocycles. The number of carbonyl (C=O) groups is 1. The van der Waals surface area contributed by atoms with Crippen molar-refractivity contribution in [1.82, 2.24) is 0 Å². The Morgan fingerprint density at radius 1 is 1.19 bits per heavy atom. The average Bonchev–Trinajstić information content (AvgIpc) is 2.26. The third-order valence-electron chi connectivity index (χ3n) is 2.83. The van der Waals surface area contributed by atoms with Gasteiger partial charge in [-0.2, -0.15) is 0 Å². The Balaban J connectivity index is 2.84. The predicted molar refractivity (Wildman–Crippen MR) is 65.4 cm³/mol. The molecule has 0 heterocycles. The van der Waals surface area contributed by atoms with Crippen LogP contribution in [0.15, 0.2) is 30.3 Å². The molecule has 0 amide bonds. The van der Waals surface area contributed by atoms with Gasteiger partial charge in [0.25, 0.3) is 0 Å². The van der Waals surface area contributed by atoms with E-state index in [-0.39, 0.29) is 17.1 Å². The summed E-state index contributed by atoms with van der Waals surface area (Å²) in [7, 11) is 0. The van der Waals surface area contributed by atoms with Gasteiger partial charge in [-0.1, -0.05) is 58.0 Å². The van der Waals surface area contributed by atoms with Crippen molar-refractivity contribution in [1.29, 1.82) is 0 Å². The largest absolute Gasteiger partial charge is 0.392 e. The summed E-state index contributed by atoms with van der Waals surface area (Å²) >= 11 is 0. The van der Waals surface area contributed by atoms with Crippen molar-refractivity contribution in [2.45, 2.75) is 33.8 Å². The van der Waals surface area contributed by atoms with Gasteiger partial charge >= 0.3 is 0 Å². The van der Waals surface area contributed by atoms with Crippen LogP contribution in [0.25, 0.3) is 0 Å². The van der Waals surface area contributed by atoms with E-state index in [0.717, 1.165) is 0 Å². The SMILES string of the molecule is C[C@H](C(=O)c1ccccc1)[C@@H](O)C(C)(C)C. The van der Waals surface area contributed by atoms with Crippen molar-refractivity contribution in [2.24, 2.45) is 11.3 Å². The molecule has 1 aromatic carbocycles. The van der Waals surface area contributed by atoms with Crippen molar-refractivity contribution in [3.63, 3.8) is 0 Å². The van der Waals surface area contributed by atoms with Crippen LogP contribution in [0.3, 0.4) is 0 Å². The first-order chi connectivity index (χ1) is 7.34. The van der Waals surface area contributed by atoms with Crippen LogP contribution < -0.4 is 0 Å². The molecule has 0 aromatic heterocycles. The molecule has 2 atom stereocenters. The van der Waals surface area contributed by atoms with Crippen molar-refractivity contribution in [3.8, 4) is 0 Å². The second-order valence-electron chi connectivity index (χ2n) is 5.33. The monoisotopic (exact) mass is 220 g/mol. The maximum Gasteiger partial charge on any atom is 0.168 e. The third-order valence-corrected chi connectivity index (χ3v) is 2.83. The summed E-state index contributed by atoms with van der Waals surface area (Å²) < 4.78 is 0. The second-order valence-corrected chi connectivity index (χ2v) is 5.33. The van der Waals surface area contributed by atoms with E-state index >= 15 is 0 Å². The van der Waals surface area contributed by atoms with Gasteiger partial charge in [0.05, 0.1) is 6.10 Å². The number of carbonyl (C=O) groups excluding carboxylic acids is 1. The molecule has 0 aliphatic rings. The fourth-order valence-electron chi connectivity index (χ4n) is 1.76. The Kier molecular flexibility index (Phi) is 3.87. The molecular weight excluding hydrogens is 200 g/mol. The molecule has 0 saturated carbocycles. The molecule has 2 nitrogen and oxygen atoms in total. The van der Waals surface area contributed by atoms with E-state index in [1.165, 1.54) is 0 Å². The highest BCUT2D eigenvalue weighted by molar-refractivity contribution is 5.97. The first-order valence-electron chi connectivity index (χ1n) is 5.61. The minimum Gasteiger partial charge on any atom is -0.392 e. The van der Waals surface area contributed by atoms with E-state index in [2.05, 4.69) is 0 Å².